The molecular weight excluding hydrogens is 446 g/mol. The number of ether oxygens (including phenoxy) is 6. The predicted octanol–water partition coefficient (Wildman–Crippen LogP) is 1.89. The molecule has 0 radical (unpaired) electrons. The number of fused-ring (bicyclic) bond motifs is 1. The van der Waals surface area contributed by atoms with Crippen molar-refractivity contribution in [1.29, 1.82) is 0 Å². The molecule has 0 saturated carbocycles. The molecule has 6 unspecified atom stereocenters. The fraction of sp³-hybridized carbons (Fsp3) is 0.417. The third-order valence-electron chi connectivity index (χ3n) is 5.49. The number of carboxylic acid groups (broad SMARTS) is 1. The zero-order valence-electron chi connectivity index (χ0n) is 18.8. The maximum absolute atomic E-state index is 12.0. The molecule has 0 bridgehead atoms. The molecule has 10 heteroatoms. The minimum atomic E-state index is -1.15. The number of amides is 1. The molecule has 2 aromatic rings. The highest BCUT2D eigenvalue weighted by Gasteiger charge is 2.52. The molecule has 182 valence electrons. The van der Waals surface area contributed by atoms with Gasteiger partial charge in [0, 0.05) is 12.5 Å². The van der Waals surface area contributed by atoms with Gasteiger partial charge >= 0.3 is 5.97 Å². The number of benzene rings is 2. The summed E-state index contributed by atoms with van der Waals surface area (Å²) in [6.07, 6.45) is -3.90. The van der Waals surface area contributed by atoms with Gasteiger partial charge in [-0.3, -0.25) is 4.79 Å². The molecule has 2 fully saturated rings. The molecular formula is C24H27NO9. The van der Waals surface area contributed by atoms with Crippen molar-refractivity contribution < 1.29 is 43.1 Å². The SMILES string of the molecule is COc1ccc(OC2OC3COC(c4ccccc4)OC3C(OCC(=O)O)C2NC(C)=O)cc1. The molecule has 2 aromatic carbocycles. The second-order valence-electron chi connectivity index (χ2n) is 7.91. The number of methoxy groups -OCH3 is 1. The van der Waals surface area contributed by atoms with Crippen molar-refractivity contribution in [2.75, 3.05) is 20.3 Å². The Kier molecular flexibility index (Phi) is 7.63. The van der Waals surface area contributed by atoms with E-state index >= 15 is 0 Å². The monoisotopic (exact) mass is 473 g/mol. The number of carbonyl (C=O) groups is 2. The van der Waals surface area contributed by atoms with Crippen LogP contribution in [0.5, 0.6) is 11.5 Å². The number of nitrogens with one attached hydrogen (secondary N) is 1. The van der Waals surface area contributed by atoms with Crippen LogP contribution in [0, 0.1) is 0 Å². The van der Waals surface area contributed by atoms with Gasteiger partial charge in [0.25, 0.3) is 0 Å². The highest BCUT2D eigenvalue weighted by molar-refractivity contribution is 5.73. The summed E-state index contributed by atoms with van der Waals surface area (Å²) in [5.74, 6) is -0.384. The molecule has 2 N–H and O–H groups in total. The zero-order valence-corrected chi connectivity index (χ0v) is 18.8. The van der Waals surface area contributed by atoms with E-state index in [1.54, 1.807) is 31.4 Å². The number of hydrogen-bond donors (Lipinski definition) is 2. The average Bonchev–Trinajstić information content (AvgIpc) is 2.84. The van der Waals surface area contributed by atoms with Crippen LogP contribution in [-0.4, -0.2) is 68.0 Å². The summed E-state index contributed by atoms with van der Waals surface area (Å²) in [5.41, 5.74) is 0.797. The molecule has 0 aliphatic carbocycles. The van der Waals surface area contributed by atoms with Crippen molar-refractivity contribution in [3.63, 3.8) is 0 Å². The first kappa shape index (κ1) is 24.0. The van der Waals surface area contributed by atoms with Crippen LogP contribution in [0.25, 0.3) is 0 Å². The summed E-state index contributed by atoms with van der Waals surface area (Å²) in [4.78, 5) is 23.3. The largest absolute Gasteiger partial charge is 0.497 e. The van der Waals surface area contributed by atoms with Gasteiger partial charge in [0.2, 0.25) is 12.2 Å². The summed E-state index contributed by atoms with van der Waals surface area (Å²) < 4.78 is 35.1. The van der Waals surface area contributed by atoms with Crippen LogP contribution >= 0.6 is 0 Å². The summed E-state index contributed by atoms with van der Waals surface area (Å²) in [6.45, 7) is 0.925. The Bertz CT molecular complexity index is 968. The first-order valence-electron chi connectivity index (χ1n) is 10.8. The van der Waals surface area contributed by atoms with E-state index in [2.05, 4.69) is 5.32 Å². The van der Waals surface area contributed by atoms with E-state index in [1.165, 1.54) is 6.92 Å². The van der Waals surface area contributed by atoms with Crippen molar-refractivity contribution >= 4 is 11.9 Å². The Balaban J connectivity index is 1.60. The van der Waals surface area contributed by atoms with E-state index in [-0.39, 0.29) is 12.5 Å². The number of carbonyl (C=O) groups excluding carboxylic acids is 1. The minimum absolute atomic E-state index is 0.159. The molecule has 6 atom stereocenters. The van der Waals surface area contributed by atoms with Crippen molar-refractivity contribution in [3.05, 3.63) is 60.2 Å². The highest BCUT2D eigenvalue weighted by atomic mass is 16.8. The molecule has 2 heterocycles. The van der Waals surface area contributed by atoms with Crippen LogP contribution in [0.15, 0.2) is 54.6 Å². The Morgan fingerprint density at radius 2 is 1.76 bits per heavy atom. The molecule has 2 saturated heterocycles. The normalized spacial score (nSPS) is 28.4. The fourth-order valence-corrected chi connectivity index (χ4v) is 3.99. The van der Waals surface area contributed by atoms with Crippen LogP contribution in [0.1, 0.15) is 18.8 Å². The quantitative estimate of drug-likeness (QED) is 0.592. The smallest absolute Gasteiger partial charge is 0.329 e. The van der Waals surface area contributed by atoms with E-state index in [1.807, 2.05) is 30.3 Å². The lowest BCUT2D eigenvalue weighted by Gasteiger charge is -2.49. The minimum Gasteiger partial charge on any atom is -0.497 e. The third kappa shape index (κ3) is 5.65. The summed E-state index contributed by atoms with van der Waals surface area (Å²) in [6, 6.07) is 15.3. The van der Waals surface area contributed by atoms with Crippen molar-refractivity contribution in [3.8, 4) is 11.5 Å². The van der Waals surface area contributed by atoms with Crippen LogP contribution < -0.4 is 14.8 Å². The lowest BCUT2D eigenvalue weighted by Crippen LogP contribution is -2.68. The molecule has 0 aromatic heterocycles. The Labute approximate surface area is 196 Å². The van der Waals surface area contributed by atoms with Crippen LogP contribution in [0.2, 0.25) is 0 Å². The van der Waals surface area contributed by atoms with E-state index in [4.69, 9.17) is 28.4 Å². The number of carboxylic acids is 1. The third-order valence-corrected chi connectivity index (χ3v) is 5.49. The van der Waals surface area contributed by atoms with Gasteiger partial charge in [-0.1, -0.05) is 30.3 Å². The average molecular weight is 473 g/mol. The second kappa shape index (κ2) is 10.8. The summed E-state index contributed by atoms with van der Waals surface area (Å²) in [5, 5.41) is 12.0. The Hall–Kier alpha value is -3.18. The van der Waals surface area contributed by atoms with E-state index < -0.39 is 49.5 Å². The molecule has 0 spiro atoms. The van der Waals surface area contributed by atoms with Crippen molar-refractivity contribution in [2.45, 2.75) is 43.9 Å². The molecule has 1 amide bonds. The molecule has 4 rings (SSSR count). The predicted molar refractivity (Wildman–Crippen MR) is 117 cm³/mol. The zero-order chi connectivity index (χ0) is 24.1. The first-order valence-corrected chi connectivity index (χ1v) is 10.8. The number of rotatable bonds is 8. The first-order chi connectivity index (χ1) is 16.4. The van der Waals surface area contributed by atoms with E-state index in [0.29, 0.717) is 11.5 Å². The van der Waals surface area contributed by atoms with Crippen molar-refractivity contribution in [1.82, 2.24) is 5.32 Å². The maximum Gasteiger partial charge on any atom is 0.329 e. The number of hydrogen-bond acceptors (Lipinski definition) is 8. The lowest BCUT2D eigenvalue weighted by molar-refractivity contribution is -0.337. The van der Waals surface area contributed by atoms with Gasteiger partial charge < -0.3 is 38.8 Å². The van der Waals surface area contributed by atoms with E-state index in [9.17, 15) is 14.7 Å². The molecule has 34 heavy (non-hydrogen) atoms. The topological polar surface area (TPSA) is 122 Å². The number of aliphatic carboxylic acids is 1. The Morgan fingerprint density at radius 1 is 1.06 bits per heavy atom. The van der Waals surface area contributed by atoms with Gasteiger partial charge in [-0.15, -0.1) is 0 Å². The Morgan fingerprint density at radius 3 is 2.41 bits per heavy atom. The van der Waals surface area contributed by atoms with E-state index in [0.717, 1.165) is 5.56 Å². The van der Waals surface area contributed by atoms with Gasteiger partial charge in [-0.25, -0.2) is 4.79 Å². The van der Waals surface area contributed by atoms with Gasteiger partial charge in [0.05, 0.1) is 13.7 Å². The lowest BCUT2D eigenvalue weighted by atomic mass is 9.95. The van der Waals surface area contributed by atoms with Gasteiger partial charge in [-0.2, -0.15) is 0 Å². The molecule has 10 nitrogen and oxygen atoms in total. The molecule has 2 aliphatic heterocycles. The van der Waals surface area contributed by atoms with Crippen LogP contribution in [0.4, 0.5) is 0 Å². The standard InChI is InChI=1S/C24H27NO9/c1-14(26)25-20-22(30-13-19(27)28)21-18(12-31-23(34-21)15-6-4-3-5-7-15)33-24(20)32-17-10-8-16(29-2)9-11-17/h3-11,18,20-24H,12-13H2,1-2H3,(H,25,26)(H,27,28). The highest BCUT2D eigenvalue weighted by Crippen LogP contribution is 2.36. The fourth-order valence-electron chi connectivity index (χ4n) is 3.99. The summed E-state index contributed by atoms with van der Waals surface area (Å²) >= 11 is 0. The van der Waals surface area contributed by atoms with Crippen LogP contribution in [-0.2, 0) is 28.5 Å². The second-order valence-corrected chi connectivity index (χ2v) is 7.91. The maximum atomic E-state index is 12.0. The van der Waals surface area contributed by atoms with Crippen LogP contribution in [0.3, 0.4) is 0 Å². The summed E-state index contributed by atoms with van der Waals surface area (Å²) in [7, 11) is 1.56. The van der Waals surface area contributed by atoms with Gasteiger partial charge in [-0.05, 0) is 24.3 Å². The molecule has 2 aliphatic rings. The van der Waals surface area contributed by atoms with Gasteiger partial charge in [0.15, 0.2) is 6.29 Å². The van der Waals surface area contributed by atoms with Gasteiger partial charge in [0.1, 0.15) is 42.5 Å². The van der Waals surface area contributed by atoms with Crippen molar-refractivity contribution in [2.24, 2.45) is 0 Å².